The molecule has 0 aliphatic carbocycles. The molecule has 0 aromatic carbocycles. The average molecular weight is 295 g/mol. The van der Waals surface area contributed by atoms with Crippen LogP contribution in [-0.2, 0) is 12.6 Å². The largest absolute Gasteiger partial charge is 0.416 e. The predicted molar refractivity (Wildman–Crippen MR) is 75.1 cm³/mol. The fourth-order valence-corrected chi connectivity index (χ4v) is 1.90. The Morgan fingerprint density at radius 1 is 1.24 bits per heavy atom. The van der Waals surface area contributed by atoms with Gasteiger partial charge in [-0.1, -0.05) is 13.0 Å². The van der Waals surface area contributed by atoms with Crippen molar-refractivity contribution in [3.05, 3.63) is 53.5 Å². The van der Waals surface area contributed by atoms with Crippen molar-refractivity contribution in [3.8, 4) is 0 Å². The van der Waals surface area contributed by atoms with Crippen LogP contribution in [0.1, 0.15) is 30.2 Å². The van der Waals surface area contributed by atoms with Crippen molar-refractivity contribution in [2.45, 2.75) is 25.9 Å². The minimum atomic E-state index is -4.38. The van der Waals surface area contributed by atoms with Gasteiger partial charge in [0.25, 0.3) is 0 Å². The monoisotopic (exact) mass is 295 g/mol. The van der Waals surface area contributed by atoms with E-state index < -0.39 is 11.7 Å². The summed E-state index contributed by atoms with van der Waals surface area (Å²) in [5, 5.41) is 2.91. The number of hydrogen-bond donors (Lipinski definition) is 1. The first-order valence-electron chi connectivity index (χ1n) is 6.70. The second kappa shape index (κ2) is 6.56. The molecule has 0 bridgehead atoms. The number of nitrogens with zero attached hydrogens (tertiary/aromatic N) is 2. The number of alkyl halides is 3. The van der Waals surface area contributed by atoms with Crippen LogP contribution in [0.5, 0.6) is 0 Å². The number of hydrogen-bond acceptors (Lipinski definition) is 3. The first-order chi connectivity index (χ1) is 9.99. The lowest BCUT2D eigenvalue weighted by Crippen LogP contribution is -2.10. The average Bonchev–Trinajstić information content (AvgIpc) is 2.45. The van der Waals surface area contributed by atoms with Gasteiger partial charge in [0, 0.05) is 31.1 Å². The molecule has 112 valence electrons. The lowest BCUT2D eigenvalue weighted by Gasteiger charge is -2.12. The van der Waals surface area contributed by atoms with Gasteiger partial charge in [-0.05, 0) is 30.2 Å². The fraction of sp³-hybridized carbons (Fsp3) is 0.333. The van der Waals surface area contributed by atoms with Gasteiger partial charge in [0.05, 0.1) is 5.56 Å². The zero-order valence-corrected chi connectivity index (χ0v) is 11.6. The molecule has 0 atom stereocenters. The third kappa shape index (κ3) is 4.44. The Morgan fingerprint density at radius 2 is 2.05 bits per heavy atom. The highest BCUT2D eigenvalue weighted by molar-refractivity contribution is 5.41. The first-order valence-corrected chi connectivity index (χ1v) is 6.70. The molecule has 1 N–H and O–H groups in total. The van der Waals surface area contributed by atoms with Gasteiger partial charge >= 0.3 is 6.18 Å². The minimum absolute atomic E-state index is 0.255. The number of nitrogens with one attached hydrogen (secondary N) is 1. The molecule has 2 heterocycles. The molecule has 0 unspecified atom stereocenters. The summed E-state index contributed by atoms with van der Waals surface area (Å²) in [7, 11) is 0. The number of halogens is 3. The Balaban J connectivity index is 2.30. The lowest BCUT2D eigenvalue weighted by atomic mass is 10.1. The molecule has 0 aliphatic heterocycles. The lowest BCUT2D eigenvalue weighted by molar-refractivity contribution is -0.137. The fourth-order valence-electron chi connectivity index (χ4n) is 1.90. The Kier molecular flexibility index (Phi) is 4.77. The van der Waals surface area contributed by atoms with Crippen LogP contribution < -0.4 is 5.32 Å². The van der Waals surface area contributed by atoms with Crippen molar-refractivity contribution < 1.29 is 13.2 Å². The summed E-state index contributed by atoms with van der Waals surface area (Å²) < 4.78 is 38.8. The van der Waals surface area contributed by atoms with Crippen molar-refractivity contribution in [1.82, 2.24) is 9.97 Å². The highest BCUT2D eigenvalue weighted by Gasteiger charge is 2.31. The van der Waals surface area contributed by atoms with Gasteiger partial charge in [0.1, 0.15) is 5.82 Å². The maximum Gasteiger partial charge on any atom is 0.416 e. The Hall–Kier alpha value is -2.11. The van der Waals surface area contributed by atoms with Crippen LogP contribution in [0, 0.1) is 0 Å². The van der Waals surface area contributed by atoms with Crippen molar-refractivity contribution in [1.29, 1.82) is 0 Å². The Labute approximate surface area is 121 Å². The maximum absolute atomic E-state index is 12.9. The van der Waals surface area contributed by atoms with E-state index in [1.54, 1.807) is 18.5 Å². The zero-order valence-electron chi connectivity index (χ0n) is 11.6. The van der Waals surface area contributed by atoms with E-state index in [9.17, 15) is 13.2 Å². The molecule has 0 radical (unpaired) electrons. The summed E-state index contributed by atoms with van der Waals surface area (Å²) in [5.74, 6) is 0.255. The SMILES string of the molecule is CCCNc1cc(C(F)(F)F)cc(Cc2cccnc2)n1. The van der Waals surface area contributed by atoms with E-state index in [2.05, 4.69) is 15.3 Å². The molecule has 6 heteroatoms. The van der Waals surface area contributed by atoms with Gasteiger partial charge in [-0.15, -0.1) is 0 Å². The smallest absolute Gasteiger partial charge is 0.370 e. The molecule has 0 aliphatic rings. The molecular formula is C15H16F3N3. The number of rotatable bonds is 5. The molecule has 21 heavy (non-hydrogen) atoms. The molecule has 0 saturated carbocycles. The number of anilines is 1. The van der Waals surface area contributed by atoms with E-state index in [0.29, 0.717) is 18.7 Å². The number of pyridine rings is 2. The van der Waals surface area contributed by atoms with Crippen molar-refractivity contribution in [2.24, 2.45) is 0 Å². The van der Waals surface area contributed by atoms with E-state index in [4.69, 9.17) is 0 Å². The summed E-state index contributed by atoms with van der Waals surface area (Å²) in [5.41, 5.74) is 0.511. The normalized spacial score (nSPS) is 11.4. The number of aromatic nitrogens is 2. The van der Waals surface area contributed by atoms with Gasteiger partial charge in [-0.25, -0.2) is 4.98 Å². The highest BCUT2D eigenvalue weighted by Crippen LogP contribution is 2.31. The quantitative estimate of drug-likeness (QED) is 0.909. The maximum atomic E-state index is 12.9. The molecular weight excluding hydrogens is 279 g/mol. The standard InChI is InChI=1S/C15H16F3N3/c1-2-5-20-14-9-12(15(16,17)18)8-13(21-14)7-11-4-3-6-19-10-11/h3-4,6,8-10H,2,5,7H2,1H3,(H,20,21). The predicted octanol–water partition coefficient (Wildman–Crippen LogP) is 3.91. The molecule has 2 aromatic rings. The highest BCUT2D eigenvalue weighted by atomic mass is 19.4. The molecule has 3 nitrogen and oxygen atoms in total. The second-order valence-corrected chi connectivity index (χ2v) is 4.69. The van der Waals surface area contributed by atoms with Crippen LogP contribution in [0.3, 0.4) is 0 Å². The molecule has 0 saturated heterocycles. The summed E-state index contributed by atoms with van der Waals surface area (Å²) in [4.78, 5) is 8.20. The van der Waals surface area contributed by atoms with Gasteiger partial charge in [0.2, 0.25) is 0 Å². The van der Waals surface area contributed by atoms with E-state index in [-0.39, 0.29) is 5.82 Å². The van der Waals surface area contributed by atoms with Crippen LogP contribution in [-0.4, -0.2) is 16.5 Å². The second-order valence-electron chi connectivity index (χ2n) is 4.69. The van der Waals surface area contributed by atoms with Crippen molar-refractivity contribution >= 4 is 5.82 Å². The Bertz CT molecular complexity index is 582. The van der Waals surface area contributed by atoms with E-state index in [1.165, 1.54) is 0 Å². The van der Waals surface area contributed by atoms with Crippen LogP contribution in [0.4, 0.5) is 19.0 Å². The van der Waals surface area contributed by atoms with E-state index in [1.807, 2.05) is 13.0 Å². The van der Waals surface area contributed by atoms with Crippen molar-refractivity contribution in [2.75, 3.05) is 11.9 Å². The van der Waals surface area contributed by atoms with Gasteiger partial charge in [-0.3, -0.25) is 4.98 Å². The first kappa shape index (κ1) is 15.3. The summed E-state index contributed by atoms with van der Waals surface area (Å²) in [6.45, 7) is 2.53. The van der Waals surface area contributed by atoms with Crippen LogP contribution in [0.2, 0.25) is 0 Å². The third-order valence-corrected chi connectivity index (χ3v) is 2.87. The topological polar surface area (TPSA) is 37.8 Å². The van der Waals surface area contributed by atoms with Crippen molar-refractivity contribution in [3.63, 3.8) is 0 Å². The zero-order chi connectivity index (χ0) is 15.3. The minimum Gasteiger partial charge on any atom is -0.370 e. The summed E-state index contributed by atoms with van der Waals surface area (Å²) >= 11 is 0. The molecule has 2 rings (SSSR count). The summed E-state index contributed by atoms with van der Waals surface area (Å²) in [6, 6.07) is 5.69. The van der Waals surface area contributed by atoms with E-state index in [0.717, 1.165) is 24.1 Å². The van der Waals surface area contributed by atoms with Crippen LogP contribution in [0.15, 0.2) is 36.7 Å². The molecule has 2 aromatic heterocycles. The Morgan fingerprint density at radius 3 is 2.67 bits per heavy atom. The molecule has 0 amide bonds. The van der Waals surface area contributed by atoms with Gasteiger partial charge < -0.3 is 5.32 Å². The molecule has 0 spiro atoms. The van der Waals surface area contributed by atoms with Crippen LogP contribution in [0.25, 0.3) is 0 Å². The summed E-state index contributed by atoms with van der Waals surface area (Å²) in [6.07, 6.45) is 0.00207. The molecule has 0 fully saturated rings. The van der Waals surface area contributed by atoms with Gasteiger partial charge in [-0.2, -0.15) is 13.2 Å². The van der Waals surface area contributed by atoms with Gasteiger partial charge in [0.15, 0.2) is 0 Å². The van der Waals surface area contributed by atoms with Crippen LogP contribution >= 0.6 is 0 Å². The third-order valence-electron chi connectivity index (χ3n) is 2.87. The van der Waals surface area contributed by atoms with E-state index >= 15 is 0 Å².